The van der Waals surface area contributed by atoms with E-state index in [0.717, 1.165) is 4.68 Å². The van der Waals surface area contributed by atoms with E-state index in [9.17, 15) is 13.6 Å². The summed E-state index contributed by atoms with van der Waals surface area (Å²) in [7, 11) is 0. The van der Waals surface area contributed by atoms with Gasteiger partial charge in [0.15, 0.2) is 0 Å². The third-order valence-electron chi connectivity index (χ3n) is 3.54. The minimum atomic E-state index is -2.92. The molecule has 0 aliphatic rings. The first-order valence-electron chi connectivity index (χ1n) is 7.72. The number of aromatic nitrogens is 3. The Morgan fingerprint density at radius 2 is 1.93 bits per heavy atom. The van der Waals surface area contributed by atoms with E-state index in [2.05, 4.69) is 20.1 Å². The van der Waals surface area contributed by atoms with Gasteiger partial charge in [0.2, 0.25) is 0 Å². The van der Waals surface area contributed by atoms with E-state index >= 15 is 0 Å². The van der Waals surface area contributed by atoms with Crippen LogP contribution in [-0.4, -0.2) is 21.4 Å². The van der Waals surface area contributed by atoms with Crippen LogP contribution in [0.25, 0.3) is 5.69 Å². The molecule has 0 aliphatic carbocycles. The van der Waals surface area contributed by atoms with Crippen molar-refractivity contribution >= 4 is 40.5 Å². The SMILES string of the molecule is O=c1c(Cl)c(NCc2ccc(OC(F)F)cn2)cnn1-c1ccc(Cl)cc1Cl. The summed E-state index contributed by atoms with van der Waals surface area (Å²) in [4.78, 5) is 16.5. The average Bonchev–Trinajstić information content (AvgIpc) is 2.64. The molecule has 0 unspecified atom stereocenters. The summed E-state index contributed by atoms with van der Waals surface area (Å²) < 4.78 is 29.6. The maximum Gasteiger partial charge on any atom is 0.387 e. The molecular weight excluding hydrogens is 437 g/mol. The molecule has 146 valence electrons. The number of nitrogens with zero attached hydrogens (tertiary/aromatic N) is 3. The van der Waals surface area contributed by atoms with Crippen LogP contribution in [0.2, 0.25) is 15.1 Å². The zero-order chi connectivity index (χ0) is 20.3. The van der Waals surface area contributed by atoms with E-state index < -0.39 is 12.2 Å². The highest BCUT2D eigenvalue weighted by atomic mass is 35.5. The first-order valence-corrected chi connectivity index (χ1v) is 8.85. The van der Waals surface area contributed by atoms with Crippen LogP contribution in [0.3, 0.4) is 0 Å². The Bertz CT molecular complexity index is 1050. The molecule has 1 aromatic carbocycles. The number of hydrogen-bond donors (Lipinski definition) is 1. The van der Waals surface area contributed by atoms with Crippen LogP contribution < -0.4 is 15.6 Å². The molecule has 0 spiro atoms. The summed E-state index contributed by atoms with van der Waals surface area (Å²) in [6.45, 7) is -2.74. The molecular formula is C17H11Cl3F2N4O2. The van der Waals surface area contributed by atoms with Gasteiger partial charge in [0.1, 0.15) is 10.8 Å². The van der Waals surface area contributed by atoms with Gasteiger partial charge >= 0.3 is 6.61 Å². The molecule has 0 amide bonds. The van der Waals surface area contributed by atoms with Crippen molar-refractivity contribution in [3.63, 3.8) is 0 Å². The quantitative estimate of drug-likeness (QED) is 0.588. The van der Waals surface area contributed by atoms with E-state index in [1.54, 1.807) is 12.1 Å². The average molecular weight is 448 g/mol. The van der Waals surface area contributed by atoms with Crippen molar-refractivity contribution in [2.75, 3.05) is 5.32 Å². The zero-order valence-corrected chi connectivity index (χ0v) is 16.1. The molecule has 0 atom stereocenters. The number of nitrogens with one attached hydrogen (secondary N) is 1. The van der Waals surface area contributed by atoms with Crippen LogP contribution in [0.1, 0.15) is 5.69 Å². The molecule has 3 rings (SSSR count). The minimum absolute atomic E-state index is 0.0547. The van der Waals surface area contributed by atoms with Crippen LogP contribution in [0, 0.1) is 0 Å². The predicted octanol–water partition coefficient (Wildman–Crippen LogP) is 4.80. The number of ether oxygens (including phenoxy) is 1. The molecule has 28 heavy (non-hydrogen) atoms. The number of benzene rings is 1. The number of hydrogen-bond acceptors (Lipinski definition) is 5. The molecule has 3 aromatic rings. The highest BCUT2D eigenvalue weighted by molar-refractivity contribution is 6.36. The second-order valence-electron chi connectivity index (χ2n) is 5.40. The Morgan fingerprint density at radius 1 is 1.14 bits per heavy atom. The van der Waals surface area contributed by atoms with Crippen LogP contribution >= 0.6 is 34.8 Å². The molecule has 11 heteroatoms. The van der Waals surface area contributed by atoms with Gasteiger partial charge in [-0.3, -0.25) is 9.78 Å². The normalized spacial score (nSPS) is 10.9. The summed E-state index contributed by atoms with van der Waals surface area (Å²) in [5.74, 6) is -0.0547. The van der Waals surface area contributed by atoms with Gasteiger partial charge < -0.3 is 10.1 Å². The third kappa shape index (κ3) is 4.70. The Morgan fingerprint density at radius 3 is 2.57 bits per heavy atom. The minimum Gasteiger partial charge on any atom is -0.433 e. The predicted molar refractivity (Wildman–Crippen MR) is 103 cm³/mol. The van der Waals surface area contributed by atoms with Gasteiger partial charge in [-0.1, -0.05) is 34.8 Å². The lowest BCUT2D eigenvalue weighted by Crippen LogP contribution is -2.23. The van der Waals surface area contributed by atoms with Crippen molar-refractivity contribution in [2.24, 2.45) is 0 Å². The third-order valence-corrected chi connectivity index (χ3v) is 4.44. The van der Waals surface area contributed by atoms with E-state index in [4.69, 9.17) is 34.8 Å². The van der Waals surface area contributed by atoms with Gasteiger partial charge in [-0.15, -0.1) is 0 Å². The van der Waals surface area contributed by atoms with Gasteiger partial charge in [-0.05, 0) is 30.3 Å². The standard InChI is InChI=1S/C17H11Cl3F2N4O2/c18-9-1-4-14(12(19)5-9)26-16(27)15(20)13(8-25-26)24-6-10-2-3-11(7-23-10)28-17(21)22/h1-5,7-8,17,24H,6H2. The Labute approximate surface area is 172 Å². The lowest BCUT2D eigenvalue weighted by atomic mass is 10.3. The second kappa shape index (κ2) is 8.72. The van der Waals surface area contributed by atoms with Crippen molar-refractivity contribution in [3.05, 3.63) is 73.8 Å². The van der Waals surface area contributed by atoms with Crippen LogP contribution in [0.5, 0.6) is 5.75 Å². The molecule has 0 aliphatic heterocycles. The molecule has 6 nitrogen and oxygen atoms in total. The van der Waals surface area contributed by atoms with E-state index in [1.165, 1.54) is 30.6 Å². The van der Waals surface area contributed by atoms with Crippen LogP contribution in [0.15, 0.2) is 47.5 Å². The van der Waals surface area contributed by atoms with Gasteiger partial charge in [0, 0.05) is 5.02 Å². The highest BCUT2D eigenvalue weighted by Gasteiger charge is 2.13. The fraction of sp³-hybridized carbons (Fsp3) is 0.118. The summed E-state index contributed by atoms with van der Waals surface area (Å²) in [6.07, 6.45) is 2.53. The smallest absolute Gasteiger partial charge is 0.387 e. The molecule has 0 saturated heterocycles. The summed E-state index contributed by atoms with van der Waals surface area (Å²) in [6, 6.07) is 7.47. The van der Waals surface area contributed by atoms with Crippen LogP contribution in [-0.2, 0) is 6.54 Å². The summed E-state index contributed by atoms with van der Waals surface area (Å²) >= 11 is 18.1. The summed E-state index contributed by atoms with van der Waals surface area (Å²) in [5.41, 5.74) is 0.552. The molecule has 2 aromatic heterocycles. The maximum atomic E-state index is 12.5. The van der Waals surface area contributed by atoms with E-state index in [1.807, 2.05) is 0 Å². The van der Waals surface area contributed by atoms with Crippen LogP contribution in [0.4, 0.5) is 14.5 Å². The molecule has 0 bridgehead atoms. The number of pyridine rings is 1. The second-order valence-corrected chi connectivity index (χ2v) is 6.62. The molecule has 0 saturated carbocycles. The lowest BCUT2D eigenvalue weighted by Gasteiger charge is -2.11. The van der Waals surface area contributed by atoms with Crippen molar-refractivity contribution in [1.29, 1.82) is 0 Å². The fourth-order valence-corrected chi connectivity index (χ4v) is 2.94. The zero-order valence-electron chi connectivity index (χ0n) is 13.9. The monoisotopic (exact) mass is 446 g/mol. The molecule has 0 fully saturated rings. The Kier molecular flexibility index (Phi) is 6.33. The number of rotatable bonds is 6. The van der Waals surface area contributed by atoms with Crippen molar-refractivity contribution < 1.29 is 13.5 Å². The molecule has 2 heterocycles. The molecule has 0 radical (unpaired) electrons. The van der Waals surface area contributed by atoms with Gasteiger partial charge in [-0.25, -0.2) is 0 Å². The Hall–Kier alpha value is -2.42. The first-order chi connectivity index (χ1) is 13.3. The number of halogens is 5. The highest BCUT2D eigenvalue weighted by Crippen LogP contribution is 2.24. The van der Waals surface area contributed by atoms with Gasteiger partial charge in [0.05, 0.1) is 41.0 Å². The van der Waals surface area contributed by atoms with Gasteiger partial charge in [0.25, 0.3) is 5.56 Å². The van der Waals surface area contributed by atoms with Crippen molar-refractivity contribution in [3.8, 4) is 11.4 Å². The first kappa shape index (κ1) is 20.3. The topological polar surface area (TPSA) is 69.0 Å². The number of anilines is 1. The Balaban J connectivity index is 1.77. The summed E-state index contributed by atoms with van der Waals surface area (Å²) in [5, 5.41) is 7.55. The van der Waals surface area contributed by atoms with Crippen molar-refractivity contribution in [2.45, 2.75) is 13.2 Å². The largest absolute Gasteiger partial charge is 0.433 e. The van der Waals surface area contributed by atoms with E-state index in [0.29, 0.717) is 16.4 Å². The maximum absolute atomic E-state index is 12.5. The lowest BCUT2D eigenvalue weighted by molar-refractivity contribution is -0.0500. The molecule has 1 N–H and O–H groups in total. The van der Waals surface area contributed by atoms with E-state index in [-0.39, 0.29) is 28.0 Å². The van der Waals surface area contributed by atoms with Crippen molar-refractivity contribution in [1.82, 2.24) is 14.8 Å². The fourth-order valence-electron chi connectivity index (χ4n) is 2.25. The van der Waals surface area contributed by atoms with Gasteiger partial charge in [-0.2, -0.15) is 18.6 Å². The number of alkyl halides is 2.